The summed E-state index contributed by atoms with van der Waals surface area (Å²) >= 11 is 0. The zero-order chi connectivity index (χ0) is 18.9. The lowest BCUT2D eigenvalue weighted by Gasteiger charge is -2.59. The molecule has 27 heavy (non-hydrogen) atoms. The molecule has 1 aliphatic carbocycles. The van der Waals surface area contributed by atoms with Crippen molar-refractivity contribution < 1.29 is 9.53 Å². The minimum absolute atomic E-state index is 0. The molecule has 1 aromatic rings. The summed E-state index contributed by atoms with van der Waals surface area (Å²) in [5.41, 5.74) is 1.97. The van der Waals surface area contributed by atoms with Gasteiger partial charge in [-0.2, -0.15) is 0 Å². The molecule has 0 bridgehead atoms. The molecular formula is C20H31IN4O2. The first kappa shape index (κ1) is 21.9. The summed E-state index contributed by atoms with van der Waals surface area (Å²) in [5, 5.41) is 9.86. The second kappa shape index (κ2) is 8.34. The number of aliphatic imine (C=N–C) groups is 1. The van der Waals surface area contributed by atoms with Crippen molar-refractivity contribution in [1.82, 2.24) is 10.6 Å². The van der Waals surface area contributed by atoms with Crippen molar-refractivity contribution in [3.63, 3.8) is 0 Å². The van der Waals surface area contributed by atoms with Gasteiger partial charge in [-0.3, -0.25) is 9.79 Å². The molecule has 150 valence electrons. The Balaban J connectivity index is 0.00000261. The zero-order valence-corrected chi connectivity index (χ0v) is 19.1. The van der Waals surface area contributed by atoms with Gasteiger partial charge in [-0.1, -0.05) is 32.0 Å². The maximum Gasteiger partial charge on any atom is 0.225 e. The number of anilines is 1. The van der Waals surface area contributed by atoms with Crippen molar-refractivity contribution >= 4 is 41.5 Å². The van der Waals surface area contributed by atoms with E-state index in [2.05, 4.69) is 47.8 Å². The summed E-state index contributed by atoms with van der Waals surface area (Å²) < 4.78 is 5.70. The van der Waals surface area contributed by atoms with E-state index >= 15 is 0 Å². The molecule has 1 fully saturated rings. The number of para-hydroxylation sites is 1. The van der Waals surface area contributed by atoms with Crippen molar-refractivity contribution in [2.45, 2.75) is 51.2 Å². The second-order valence-corrected chi connectivity index (χ2v) is 8.05. The lowest BCUT2D eigenvalue weighted by atomic mass is 9.56. The Bertz CT molecular complexity index is 722. The molecule has 3 atom stereocenters. The Morgan fingerprint density at radius 3 is 2.67 bits per heavy atom. The van der Waals surface area contributed by atoms with E-state index in [1.165, 1.54) is 5.56 Å². The van der Waals surface area contributed by atoms with Crippen LogP contribution in [0.15, 0.2) is 29.3 Å². The van der Waals surface area contributed by atoms with Crippen molar-refractivity contribution in [3.05, 3.63) is 29.8 Å². The van der Waals surface area contributed by atoms with Crippen LogP contribution in [-0.4, -0.2) is 44.2 Å². The molecule has 1 amide bonds. The van der Waals surface area contributed by atoms with Crippen LogP contribution in [0.25, 0.3) is 0 Å². The number of hydrogen-bond acceptors (Lipinski definition) is 3. The van der Waals surface area contributed by atoms with Gasteiger partial charge in [0.1, 0.15) is 0 Å². The van der Waals surface area contributed by atoms with E-state index in [4.69, 9.17) is 4.74 Å². The highest BCUT2D eigenvalue weighted by molar-refractivity contribution is 14.0. The number of amides is 1. The third-order valence-corrected chi connectivity index (χ3v) is 6.44. The van der Waals surface area contributed by atoms with E-state index in [-0.39, 0.29) is 46.8 Å². The first-order valence-electron chi connectivity index (χ1n) is 9.22. The number of halogens is 1. The summed E-state index contributed by atoms with van der Waals surface area (Å²) in [5.74, 6) is 0.969. The topological polar surface area (TPSA) is 74.8 Å². The summed E-state index contributed by atoms with van der Waals surface area (Å²) in [6.45, 7) is 7.25. The van der Waals surface area contributed by atoms with Gasteiger partial charge in [-0.15, -0.1) is 24.0 Å². The monoisotopic (exact) mass is 486 g/mol. The fraction of sp³-hybridized carbons (Fsp3) is 0.600. The third kappa shape index (κ3) is 4.08. The molecule has 1 saturated carbocycles. The Morgan fingerprint density at radius 2 is 2.04 bits per heavy atom. The van der Waals surface area contributed by atoms with Gasteiger partial charge < -0.3 is 20.7 Å². The number of hydrogen-bond donors (Lipinski definition) is 3. The van der Waals surface area contributed by atoms with Crippen molar-refractivity contribution in [2.75, 3.05) is 26.0 Å². The molecule has 0 saturated heterocycles. The number of ether oxygens (including phenoxy) is 1. The van der Waals surface area contributed by atoms with Gasteiger partial charge in [0, 0.05) is 50.2 Å². The fourth-order valence-corrected chi connectivity index (χ4v) is 3.99. The Labute approximate surface area is 178 Å². The average Bonchev–Trinajstić information content (AvgIpc) is 2.63. The molecule has 6 nitrogen and oxygen atoms in total. The number of benzene rings is 1. The van der Waals surface area contributed by atoms with Gasteiger partial charge >= 0.3 is 0 Å². The maximum atomic E-state index is 12.0. The predicted octanol–water partition coefficient (Wildman–Crippen LogP) is 3.10. The zero-order valence-electron chi connectivity index (χ0n) is 16.8. The van der Waals surface area contributed by atoms with Crippen LogP contribution >= 0.6 is 24.0 Å². The molecule has 1 heterocycles. The second-order valence-electron chi connectivity index (χ2n) is 8.05. The van der Waals surface area contributed by atoms with Crippen LogP contribution in [0.5, 0.6) is 0 Å². The standard InChI is InChI=1S/C20H30N4O2.HI/c1-19(2)16(11-20(19,3)26-5)24-18(21-4)22-12-13-10-17(25)23-15-9-7-6-8-14(13)15;/h6-9,13,16H,10-12H2,1-5H3,(H,23,25)(H2,21,22,24);1H. The van der Waals surface area contributed by atoms with Crippen LogP contribution in [0.2, 0.25) is 0 Å². The summed E-state index contributed by atoms with van der Waals surface area (Å²) in [6, 6.07) is 8.28. The normalized spacial score (nSPS) is 28.9. The lowest BCUT2D eigenvalue weighted by molar-refractivity contribution is -0.176. The third-order valence-electron chi connectivity index (χ3n) is 6.44. The molecule has 3 N–H and O–H groups in total. The number of methoxy groups -OCH3 is 1. The van der Waals surface area contributed by atoms with Crippen LogP contribution in [0, 0.1) is 5.41 Å². The fourth-order valence-electron chi connectivity index (χ4n) is 3.99. The predicted molar refractivity (Wildman–Crippen MR) is 120 cm³/mol. The van der Waals surface area contributed by atoms with Gasteiger partial charge in [0.25, 0.3) is 0 Å². The number of carbonyl (C=O) groups excluding carboxylic acids is 1. The molecule has 3 unspecified atom stereocenters. The molecule has 0 radical (unpaired) electrons. The molecule has 3 rings (SSSR count). The minimum Gasteiger partial charge on any atom is -0.378 e. The van der Waals surface area contributed by atoms with Crippen molar-refractivity contribution in [2.24, 2.45) is 10.4 Å². The molecule has 1 aliphatic heterocycles. The van der Waals surface area contributed by atoms with Crippen LogP contribution in [0.1, 0.15) is 45.1 Å². The first-order valence-corrected chi connectivity index (χ1v) is 9.22. The molecule has 0 spiro atoms. The molecule has 2 aliphatic rings. The van der Waals surface area contributed by atoms with Crippen LogP contribution in [0.3, 0.4) is 0 Å². The highest BCUT2D eigenvalue weighted by atomic mass is 127. The van der Waals surface area contributed by atoms with Crippen LogP contribution in [-0.2, 0) is 9.53 Å². The van der Waals surface area contributed by atoms with Crippen molar-refractivity contribution in [1.29, 1.82) is 0 Å². The molecular weight excluding hydrogens is 455 g/mol. The van der Waals surface area contributed by atoms with Gasteiger partial charge in [0.15, 0.2) is 5.96 Å². The Hall–Kier alpha value is -1.35. The van der Waals surface area contributed by atoms with Crippen LogP contribution < -0.4 is 16.0 Å². The summed E-state index contributed by atoms with van der Waals surface area (Å²) in [4.78, 5) is 16.3. The number of nitrogens with zero attached hydrogens (tertiary/aromatic N) is 1. The Morgan fingerprint density at radius 1 is 1.33 bits per heavy atom. The number of guanidine groups is 1. The van der Waals surface area contributed by atoms with E-state index < -0.39 is 0 Å². The average molecular weight is 486 g/mol. The van der Waals surface area contributed by atoms with Gasteiger partial charge in [-0.25, -0.2) is 0 Å². The van der Waals surface area contributed by atoms with Gasteiger partial charge in [0.05, 0.1) is 5.60 Å². The van der Waals surface area contributed by atoms with E-state index in [1.54, 1.807) is 14.2 Å². The summed E-state index contributed by atoms with van der Waals surface area (Å²) in [6.07, 6.45) is 1.42. The molecule has 1 aromatic carbocycles. The Kier molecular flexibility index (Phi) is 6.78. The van der Waals surface area contributed by atoms with E-state index in [0.717, 1.165) is 18.1 Å². The SMILES string of the molecule is CN=C(NCC1CC(=O)Nc2ccccc21)NC1CC(C)(OC)C1(C)C.I. The van der Waals surface area contributed by atoms with E-state index in [0.29, 0.717) is 19.0 Å². The smallest absolute Gasteiger partial charge is 0.225 e. The number of rotatable bonds is 4. The maximum absolute atomic E-state index is 12.0. The number of fused-ring (bicyclic) bond motifs is 1. The molecule has 7 heteroatoms. The highest BCUT2D eigenvalue weighted by Gasteiger charge is 2.58. The van der Waals surface area contributed by atoms with Gasteiger partial charge in [0.2, 0.25) is 5.91 Å². The minimum atomic E-state index is -0.121. The van der Waals surface area contributed by atoms with E-state index in [1.807, 2.05) is 18.2 Å². The first-order chi connectivity index (χ1) is 12.3. The highest BCUT2D eigenvalue weighted by Crippen LogP contribution is 2.51. The quantitative estimate of drug-likeness (QED) is 0.348. The largest absolute Gasteiger partial charge is 0.378 e. The van der Waals surface area contributed by atoms with Crippen LogP contribution in [0.4, 0.5) is 5.69 Å². The summed E-state index contributed by atoms with van der Waals surface area (Å²) in [7, 11) is 3.55. The number of carbonyl (C=O) groups is 1. The van der Waals surface area contributed by atoms with Crippen molar-refractivity contribution in [3.8, 4) is 0 Å². The van der Waals surface area contributed by atoms with Gasteiger partial charge in [-0.05, 0) is 25.0 Å². The number of nitrogens with one attached hydrogen (secondary N) is 3. The van der Waals surface area contributed by atoms with E-state index in [9.17, 15) is 4.79 Å². The lowest BCUT2D eigenvalue weighted by Crippen LogP contribution is -2.69. The molecule has 0 aromatic heterocycles.